The lowest BCUT2D eigenvalue weighted by Gasteiger charge is -2.56. The summed E-state index contributed by atoms with van der Waals surface area (Å²) in [4.78, 5) is 13.2. The molecular weight excluding hydrogens is 653 g/mol. The lowest BCUT2D eigenvalue weighted by Crippen LogP contribution is -2.61. The normalized spacial score (nSPS) is 28.8. The summed E-state index contributed by atoms with van der Waals surface area (Å²) in [5.74, 6) is 3.12. The van der Waals surface area contributed by atoms with Crippen LogP contribution in [-0.4, -0.2) is 38.7 Å². The quantitative estimate of drug-likeness (QED) is 0.144. The van der Waals surface area contributed by atoms with E-state index in [1.807, 2.05) is 43.3 Å². The molecule has 5 fully saturated rings. The topological polar surface area (TPSA) is 106 Å². The van der Waals surface area contributed by atoms with E-state index in [1.165, 1.54) is 19.3 Å². The minimum absolute atomic E-state index is 0.00583. The van der Waals surface area contributed by atoms with Crippen molar-refractivity contribution in [2.24, 2.45) is 17.8 Å². The van der Waals surface area contributed by atoms with Crippen molar-refractivity contribution < 1.29 is 19.4 Å². The van der Waals surface area contributed by atoms with Crippen LogP contribution in [0.3, 0.4) is 0 Å². The molecule has 9 rings (SSSR count). The van der Waals surface area contributed by atoms with Crippen molar-refractivity contribution in [3.63, 3.8) is 0 Å². The number of rotatable bonds is 10. The molecular formula is C39H44N4O4S2. The number of aliphatic hydroxyl groups is 1. The fourth-order valence-electron chi connectivity index (χ4n) is 9.02. The number of aromatic nitrogens is 2. The van der Waals surface area contributed by atoms with Crippen LogP contribution in [0.1, 0.15) is 84.6 Å². The summed E-state index contributed by atoms with van der Waals surface area (Å²) in [6.45, 7) is 2.45. The van der Waals surface area contributed by atoms with Gasteiger partial charge in [0.15, 0.2) is 10.6 Å². The Labute approximate surface area is 296 Å². The van der Waals surface area contributed by atoms with E-state index in [9.17, 15) is 9.90 Å². The van der Waals surface area contributed by atoms with E-state index in [2.05, 4.69) is 57.2 Å². The number of nitrogens with zero attached hydrogens (tertiary/aromatic N) is 2. The molecule has 49 heavy (non-hydrogen) atoms. The van der Waals surface area contributed by atoms with Crippen LogP contribution in [-0.2, 0) is 22.6 Å². The minimum atomic E-state index is -0.530. The van der Waals surface area contributed by atoms with Gasteiger partial charge in [0.25, 0.3) is 0 Å². The molecule has 0 unspecified atom stereocenters. The zero-order chi connectivity index (χ0) is 33.4. The standard InChI is InChI=1S/C39H44N4O4S2/c1-24-42-43-38(49-24)48-23-33-17-35(30-8-6-25(22-44)7-9-30)47-36(46-33)31-12-10-29(11-13-31)34-5-3-2-4-32(34)21-40-37(45)41-39-18-26-14-27(19-39)16-28(15-26)20-39/h2-13,26-28,33,35-36,44H,14-23H2,1H3,(H2,40,41,45)/t26?,27?,28?,33-,35+,36+,39?/m0/s1. The van der Waals surface area contributed by atoms with E-state index in [4.69, 9.17) is 9.47 Å². The summed E-state index contributed by atoms with van der Waals surface area (Å²) in [7, 11) is 0. The maximum atomic E-state index is 13.2. The van der Waals surface area contributed by atoms with Crippen LogP contribution in [0, 0.1) is 24.7 Å². The number of aliphatic hydroxyl groups excluding tert-OH is 1. The van der Waals surface area contributed by atoms with Gasteiger partial charge >= 0.3 is 6.03 Å². The first-order valence-electron chi connectivity index (χ1n) is 17.6. The van der Waals surface area contributed by atoms with Gasteiger partial charge in [-0.1, -0.05) is 95.9 Å². The average molecular weight is 697 g/mol. The predicted octanol–water partition coefficient (Wildman–Crippen LogP) is 8.11. The smallest absolute Gasteiger partial charge is 0.315 e. The Kier molecular flexibility index (Phi) is 9.50. The lowest BCUT2D eigenvalue weighted by molar-refractivity contribution is -0.245. The van der Waals surface area contributed by atoms with E-state index in [1.54, 1.807) is 23.1 Å². The summed E-state index contributed by atoms with van der Waals surface area (Å²) in [6, 6.07) is 24.6. The first kappa shape index (κ1) is 32.9. The Morgan fingerprint density at radius 1 is 0.898 bits per heavy atom. The molecule has 2 heterocycles. The van der Waals surface area contributed by atoms with Crippen LogP contribution in [0.15, 0.2) is 77.1 Å². The highest BCUT2D eigenvalue weighted by atomic mass is 32.2. The molecule has 3 N–H and O–H groups in total. The number of amides is 2. The van der Waals surface area contributed by atoms with Gasteiger partial charge in [0, 0.05) is 29.8 Å². The molecule has 4 aliphatic carbocycles. The second-order valence-corrected chi connectivity index (χ2v) is 17.0. The van der Waals surface area contributed by atoms with Gasteiger partial charge in [-0.2, -0.15) is 0 Å². The first-order chi connectivity index (χ1) is 23.9. The van der Waals surface area contributed by atoms with Crippen LogP contribution in [0.25, 0.3) is 11.1 Å². The molecule has 0 radical (unpaired) electrons. The van der Waals surface area contributed by atoms with Gasteiger partial charge in [0.1, 0.15) is 5.01 Å². The third-order valence-electron chi connectivity index (χ3n) is 10.9. The van der Waals surface area contributed by atoms with E-state index in [0.29, 0.717) is 13.0 Å². The molecule has 3 aromatic carbocycles. The van der Waals surface area contributed by atoms with Crippen LogP contribution in [0.4, 0.5) is 4.79 Å². The van der Waals surface area contributed by atoms with Gasteiger partial charge < -0.3 is 25.2 Å². The SMILES string of the molecule is Cc1nnc(SC[C@@H]2C[C@H](c3ccc(CO)cc3)O[C@H](c3ccc(-c4ccccc4CNC(=O)NC45CC6CC(CC(C6)C4)C5)cc3)O2)s1. The number of aryl methyl sites for hydroxylation is 1. The van der Waals surface area contributed by atoms with Crippen LogP contribution in [0.5, 0.6) is 0 Å². The number of urea groups is 1. The van der Waals surface area contributed by atoms with Gasteiger partial charge in [-0.3, -0.25) is 0 Å². The summed E-state index contributed by atoms with van der Waals surface area (Å²) in [5, 5.41) is 25.6. The van der Waals surface area contributed by atoms with Crippen molar-refractivity contribution in [1.29, 1.82) is 0 Å². The molecule has 4 saturated carbocycles. The maximum absolute atomic E-state index is 13.2. The highest BCUT2D eigenvalue weighted by Crippen LogP contribution is 2.55. The van der Waals surface area contributed by atoms with E-state index >= 15 is 0 Å². The molecule has 1 aromatic heterocycles. The number of benzene rings is 3. The Balaban J connectivity index is 0.947. The number of carbonyl (C=O) groups is 1. The molecule has 4 bridgehead atoms. The third kappa shape index (κ3) is 7.44. The molecule has 1 saturated heterocycles. The van der Waals surface area contributed by atoms with E-state index < -0.39 is 6.29 Å². The van der Waals surface area contributed by atoms with Gasteiger partial charge in [-0.25, -0.2) is 4.79 Å². The largest absolute Gasteiger partial charge is 0.392 e. The summed E-state index contributed by atoms with van der Waals surface area (Å²) in [6.07, 6.45) is 7.49. The molecule has 256 valence electrons. The summed E-state index contributed by atoms with van der Waals surface area (Å²) < 4.78 is 14.1. The van der Waals surface area contributed by atoms with Gasteiger partial charge in [0.2, 0.25) is 0 Å². The van der Waals surface area contributed by atoms with Crippen LogP contribution in [0.2, 0.25) is 0 Å². The Bertz CT molecular complexity index is 1730. The van der Waals surface area contributed by atoms with Crippen LogP contribution >= 0.6 is 23.1 Å². The Morgan fingerprint density at radius 3 is 2.27 bits per heavy atom. The predicted molar refractivity (Wildman–Crippen MR) is 192 cm³/mol. The number of hydrogen-bond donors (Lipinski definition) is 3. The highest BCUT2D eigenvalue weighted by molar-refractivity contribution is 8.01. The zero-order valence-electron chi connectivity index (χ0n) is 27.8. The Morgan fingerprint density at radius 2 is 1.59 bits per heavy atom. The fraction of sp³-hybridized carbons (Fsp3) is 0.462. The van der Waals surface area contributed by atoms with Crippen molar-refractivity contribution in [3.05, 3.63) is 100 Å². The van der Waals surface area contributed by atoms with Crippen molar-refractivity contribution in [2.45, 2.75) is 93.4 Å². The minimum Gasteiger partial charge on any atom is -0.392 e. The average Bonchev–Trinajstić information content (AvgIpc) is 3.54. The number of thioether (sulfide) groups is 1. The number of carbonyl (C=O) groups excluding carboxylic acids is 1. The third-order valence-corrected chi connectivity index (χ3v) is 13.0. The van der Waals surface area contributed by atoms with E-state index in [-0.39, 0.29) is 30.4 Å². The second kappa shape index (κ2) is 14.2. The fourth-order valence-corrected chi connectivity index (χ4v) is 10.9. The molecule has 10 heteroatoms. The zero-order valence-corrected chi connectivity index (χ0v) is 29.5. The van der Waals surface area contributed by atoms with E-state index in [0.717, 1.165) is 85.5 Å². The first-order valence-corrected chi connectivity index (χ1v) is 19.4. The van der Waals surface area contributed by atoms with Crippen molar-refractivity contribution in [3.8, 4) is 11.1 Å². The molecule has 2 amide bonds. The molecule has 3 atom stereocenters. The monoisotopic (exact) mass is 696 g/mol. The molecule has 8 nitrogen and oxygen atoms in total. The molecule has 5 aliphatic rings. The lowest BCUT2D eigenvalue weighted by atomic mass is 9.53. The number of ether oxygens (including phenoxy) is 2. The van der Waals surface area contributed by atoms with Gasteiger partial charge in [-0.15, -0.1) is 10.2 Å². The van der Waals surface area contributed by atoms with Crippen molar-refractivity contribution in [2.75, 3.05) is 5.75 Å². The summed E-state index contributed by atoms with van der Waals surface area (Å²) in [5.41, 5.74) is 6.14. The number of hydrogen-bond acceptors (Lipinski definition) is 8. The Hall–Kier alpha value is -3.28. The van der Waals surface area contributed by atoms with Crippen LogP contribution < -0.4 is 10.6 Å². The second-order valence-electron chi connectivity index (χ2n) is 14.5. The van der Waals surface area contributed by atoms with Crippen molar-refractivity contribution >= 4 is 29.1 Å². The molecule has 4 aromatic rings. The highest BCUT2D eigenvalue weighted by Gasteiger charge is 2.51. The van der Waals surface area contributed by atoms with Gasteiger partial charge in [0.05, 0.1) is 18.8 Å². The summed E-state index contributed by atoms with van der Waals surface area (Å²) >= 11 is 3.26. The molecule has 0 spiro atoms. The molecule has 1 aliphatic heterocycles. The van der Waals surface area contributed by atoms with Crippen molar-refractivity contribution in [1.82, 2.24) is 20.8 Å². The van der Waals surface area contributed by atoms with Gasteiger partial charge in [-0.05, 0) is 91.0 Å². The maximum Gasteiger partial charge on any atom is 0.315 e. The number of nitrogens with one attached hydrogen (secondary N) is 2.